The topological polar surface area (TPSA) is 38.8 Å². The Labute approximate surface area is 233 Å². The van der Waals surface area contributed by atoms with Crippen molar-refractivity contribution in [1.82, 2.24) is 4.90 Å². The van der Waals surface area contributed by atoms with Crippen molar-refractivity contribution < 1.29 is 14.3 Å². The molecule has 9 atom stereocenters. The van der Waals surface area contributed by atoms with E-state index in [0.717, 1.165) is 74.3 Å². The largest absolute Gasteiger partial charge is 0.508 e. The fraction of sp³-hybridized carbons (Fsp3) is 0.912. The fourth-order valence-electron chi connectivity index (χ4n) is 10.1. The van der Waals surface area contributed by atoms with Crippen LogP contribution in [0, 0.1) is 52.3 Å². The lowest BCUT2D eigenvalue weighted by atomic mass is 9.46. The minimum Gasteiger partial charge on any atom is -0.431 e. The molecule has 0 spiro atoms. The fourth-order valence-corrected chi connectivity index (χ4v) is 10.1. The van der Waals surface area contributed by atoms with Gasteiger partial charge in [0.1, 0.15) is 12.2 Å². The molecule has 3 saturated carbocycles. The number of hydrogen-bond donors (Lipinski definition) is 0. The number of carbonyl (C=O) groups is 1. The molecular weight excluding hydrogens is 470 g/mol. The van der Waals surface area contributed by atoms with Gasteiger partial charge in [-0.2, -0.15) is 0 Å². The second-order valence-corrected chi connectivity index (χ2v) is 15.2. The lowest BCUT2D eigenvalue weighted by Crippen LogP contribution is -2.52. The number of fused-ring (bicyclic) bond motifs is 5. The van der Waals surface area contributed by atoms with Crippen molar-refractivity contribution in [2.24, 2.45) is 52.3 Å². The van der Waals surface area contributed by atoms with E-state index in [1.165, 1.54) is 51.4 Å². The summed E-state index contributed by atoms with van der Waals surface area (Å²) in [6.07, 6.45) is 19.6. The zero-order valence-corrected chi connectivity index (χ0v) is 25.4. The van der Waals surface area contributed by atoms with E-state index in [0.29, 0.717) is 16.7 Å². The van der Waals surface area contributed by atoms with Crippen LogP contribution in [0.3, 0.4) is 0 Å². The van der Waals surface area contributed by atoms with Crippen LogP contribution in [0.1, 0.15) is 112 Å². The lowest BCUT2D eigenvalue weighted by Gasteiger charge is -2.59. The van der Waals surface area contributed by atoms with Gasteiger partial charge >= 0.3 is 6.16 Å². The average molecular weight is 528 g/mol. The standard InChI is InChI=1S/C34H57NO3/c1-23(2)8-7-9-24(3)29-12-13-30-28-11-10-25-22-27(38-32(36)37-26-16-20-35(6)21-17-26)14-18-33(25,4)31(28)15-19-34(29,30)5/h10-11,23-31H,7-9,12-22H2,1-6H3/t24?,25?,27?,28?,29-,30+,31+,33+,34-/m0/s1. The molecule has 0 bridgehead atoms. The third kappa shape index (κ3) is 5.59. The third-order valence-electron chi connectivity index (χ3n) is 12.5. The Bertz CT molecular complexity index is 847. The van der Waals surface area contributed by atoms with Crippen LogP contribution in [0.5, 0.6) is 0 Å². The molecule has 4 fully saturated rings. The maximum absolute atomic E-state index is 12.6. The average Bonchev–Trinajstić information content (AvgIpc) is 3.23. The van der Waals surface area contributed by atoms with E-state index < -0.39 is 6.16 Å². The minimum absolute atomic E-state index is 0.00412. The van der Waals surface area contributed by atoms with Crippen LogP contribution < -0.4 is 0 Å². The summed E-state index contributed by atoms with van der Waals surface area (Å²) in [7, 11) is 2.13. The van der Waals surface area contributed by atoms with E-state index in [1.54, 1.807) is 0 Å². The molecule has 1 saturated heterocycles. The molecule has 1 heterocycles. The quantitative estimate of drug-likeness (QED) is 0.246. The third-order valence-corrected chi connectivity index (χ3v) is 12.5. The zero-order valence-electron chi connectivity index (χ0n) is 25.4. The van der Waals surface area contributed by atoms with E-state index in [2.05, 4.69) is 58.7 Å². The molecule has 1 aliphatic heterocycles. The van der Waals surface area contributed by atoms with Gasteiger partial charge in [0.25, 0.3) is 0 Å². The van der Waals surface area contributed by atoms with Crippen molar-refractivity contribution in [2.45, 2.75) is 124 Å². The SMILES string of the molecule is CC(C)CCCC(C)[C@@H]1CC[C@@H]2C3C=CC4CC(OC(=O)OC5CCN(C)CC5)CC[C@@]4(C)[C@@H]3CC[C@]21C. The minimum atomic E-state index is -0.432. The Kier molecular flexibility index (Phi) is 8.59. The molecule has 0 amide bonds. The molecule has 216 valence electrons. The monoisotopic (exact) mass is 527 g/mol. The van der Waals surface area contributed by atoms with Crippen LogP contribution >= 0.6 is 0 Å². The first-order valence-corrected chi connectivity index (χ1v) is 16.3. The second kappa shape index (κ2) is 11.5. The highest BCUT2D eigenvalue weighted by Gasteiger charge is 2.59. The number of hydrogen-bond acceptors (Lipinski definition) is 4. The van der Waals surface area contributed by atoms with Gasteiger partial charge in [-0.25, -0.2) is 4.79 Å². The summed E-state index contributed by atoms with van der Waals surface area (Å²) in [5.41, 5.74) is 0.864. The molecule has 5 rings (SSSR count). The van der Waals surface area contributed by atoms with Crippen molar-refractivity contribution in [3.8, 4) is 0 Å². The second-order valence-electron chi connectivity index (χ2n) is 15.2. The van der Waals surface area contributed by atoms with Gasteiger partial charge < -0.3 is 14.4 Å². The highest BCUT2D eigenvalue weighted by Crippen LogP contribution is 2.67. The molecule has 4 aliphatic carbocycles. The lowest BCUT2D eigenvalue weighted by molar-refractivity contribution is -0.0915. The van der Waals surface area contributed by atoms with Crippen molar-refractivity contribution in [3.63, 3.8) is 0 Å². The Morgan fingerprint density at radius 3 is 2.29 bits per heavy atom. The Balaban J connectivity index is 1.19. The van der Waals surface area contributed by atoms with Crippen LogP contribution in [0.15, 0.2) is 12.2 Å². The van der Waals surface area contributed by atoms with Crippen LogP contribution in [0.2, 0.25) is 0 Å². The van der Waals surface area contributed by atoms with Crippen molar-refractivity contribution in [2.75, 3.05) is 20.1 Å². The summed E-state index contributed by atoms with van der Waals surface area (Å²) in [6, 6.07) is 0. The van der Waals surface area contributed by atoms with Gasteiger partial charge in [-0.1, -0.05) is 66.0 Å². The molecule has 4 nitrogen and oxygen atoms in total. The van der Waals surface area contributed by atoms with E-state index >= 15 is 0 Å². The number of nitrogens with zero attached hydrogens (tertiary/aromatic N) is 1. The van der Waals surface area contributed by atoms with Crippen molar-refractivity contribution in [3.05, 3.63) is 12.2 Å². The van der Waals surface area contributed by atoms with E-state index in [1.807, 2.05) is 0 Å². The normalized spacial score (nSPS) is 42.3. The highest BCUT2D eigenvalue weighted by atomic mass is 16.7. The first-order valence-electron chi connectivity index (χ1n) is 16.3. The summed E-state index contributed by atoms with van der Waals surface area (Å²) < 4.78 is 11.6. The van der Waals surface area contributed by atoms with Crippen molar-refractivity contribution in [1.29, 1.82) is 0 Å². The molecule has 4 unspecified atom stereocenters. The Hall–Kier alpha value is -1.03. The van der Waals surface area contributed by atoms with Crippen LogP contribution in [0.25, 0.3) is 0 Å². The molecule has 5 aliphatic rings. The smallest absolute Gasteiger partial charge is 0.431 e. The van der Waals surface area contributed by atoms with Gasteiger partial charge in [-0.3, -0.25) is 0 Å². The number of allylic oxidation sites excluding steroid dienone is 2. The number of likely N-dealkylation sites (tertiary alicyclic amines) is 1. The summed E-state index contributed by atoms with van der Waals surface area (Å²) in [6.45, 7) is 14.5. The summed E-state index contributed by atoms with van der Waals surface area (Å²) in [4.78, 5) is 14.9. The number of carbonyl (C=O) groups excluding carboxylic acids is 1. The molecule has 0 aromatic carbocycles. The van der Waals surface area contributed by atoms with Crippen LogP contribution in [0.4, 0.5) is 4.79 Å². The van der Waals surface area contributed by atoms with E-state index in [4.69, 9.17) is 9.47 Å². The molecule has 0 radical (unpaired) electrons. The summed E-state index contributed by atoms with van der Waals surface area (Å²) >= 11 is 0. The first kappa shape index (κ1) is 28.5. The molecule has 0 aromatic heterocycles. The van der Waals surface area contributed by atoms with Crippen molar-refractivity contribution >= 4 is 6.16 Å². The highest BCUT2D eigenvalue weighted by molar-refractivity contribution is 5.60. The van der Waals surface area contributed by atoms with Gasteiger partial charge in [-0.15, -0.1) is 0 Å². The zero-order chi connectivity index (χ0) is 27.1. The predicted octanol–water partition coefficient (Wildman–Crippen LogP) is 8.50. The first-order chi connectivity index (χ1) is 18.1. The number of ether oxygens (including phenoxy) is 2. The van der Waals surface area contributed by atoms with Gasteiger partial charge in [0.15, 0.2) is 0 Å². The number of rotatable bonds is 7. The van der Waals surface area contributed by atoms with Gasteiger partial charge in [0.2, 0.25) is 0 Å². The van der Waals surface area contributed by atoms with Gasteiger partial charge in [0, 0.05) is 13.1 Å². The molecule has 0 N–H and O–H groups in total. The van der Waals surface area contributed by atoms with Crippen LogP contribution in [-0.4, -0.2) is 43.4 Å². The maximum Gasteiger partial charge on any atom is 0.508 e. The van der Waals surface area contributed by atoms with Gasteiger partial charge in [0.05, 0.1) is 0 Å². The molecular formula is C34H57NO3. The Morgan fingerprint density at radius 1 is 0.868 bits per heavy atom. The molecule has 4 heteroatoms. The summed E-state index contributed by atoms with van der Waals surface area (Å²) in [5, 5.41) is 0. The molecule has 0 aromatic rings. The van der Waals surface area contributed by atoms with Crippen LogP contribution in [-0.2, 0) is 9.47 Å². The number of piperidine rings is 1. The van der Waals surface area contributed by atoms with E-state index in [9.17, 15) is 4.79 Å². The predicted molar refractivity (Wildman–Crippen MR) is 155 cm³/mol. The summed E-state index contributed by atoms with van der Waals surface area (Å²) in [5.74, 6) is 5.50. The maximum atomic E-state index is 12.6. The molecule has 38 heavy (non-hydrogen) atoms. The van der Waals surface area contributed by atoms with Gasteiger partial charge in [-0.05, 0) is 117 Å². The Morgan fingerprint density at radius 2 is 1.55 bits per heavy atom. The van der Waals surface area contributed by atoms with E-state index in [-0.39, 0.29) is 12.2 Å².